The van der Waals surface area contributed by atoms with E-state index in [-0.39, 0.29) is 41.5 Å². The summed E-state index contributed by atoms with van der Waals surface area (Å²) in [7, 11) is 2.01. The molecule has 0 bridgehead atoms. The summed E-state index contributed by atoms with van der Waals surface area (Å²) in [5.41, 5.74) is -1.000. The van der Waals surface area contributed by atoms with Gasteiger partial charge in [0.1, 0.15) is 6.54 Å². The fourth-order valence-electron chi connectivity index (χ4n) is 5.24. The van der Waals surface area contributed by atoms with Crippen molar-refractivity contribution in [2.75, 3.05) is 33.3 Å². The number of aliphatic hydroxyl groups is 1. The van der Waals surface area contributed by atoms with Gasteiger partial charge < -0.3 is 36.0 Å². The molecule has 1 N–H and O–H groups in total. The number of esters is 2. The molecular formula is C26H40BrNO5. The lowest BCUT2D eigenvalue weighted by molar-refractivity contribution is -0.891. The maximum Gasteiger partial charge on any atom is 0.361 e. The van der Waals surface area contributed by atoms with Gasteiger partial charge in [-0.1, -0.05) is 69.4 Å². The SMILES string of the molecule is CCCCCCOC(=O)C[N@@+]1(C)CC[C@H](OC(=O)[C@](O)(c2ccccc2)C2CCCC2)C1.[Br-]. The number of rotatable bonds is 11. The van der Waals surface area contributed by atoms with Gasteiger partial charge in [0.25, 0.3) is 0 Å². The van der Waals surface area contributed by atoms with Crippen molar-refractivity contribution in [3.05, 3.63) is 35.9 Å². The third kappa shape index (κ3) is 7.27. The van der Waals surface area contributed by atoms with Crippen molar-refractivity contribution in [1.29, 1.82) is 0 Å². The van der Waals surface area contributed by atoms with Crippen LogP contribution in [0.3, 0.4) is 0 Å². The highest BCUT2D eigenvalue weighted by molar-refractivity contribution is 5.81. The van der Waals surface area contributed by atoms with Gasteiger partial charge in [0, 0.05) is 12.3 Å². The molecule has 1 aliphatic heterocycles. The predicted molar refractivity (Wildman–Crippen MR) is 123 cm³/mol. The Bertz CT molecular complexity index is 754. The first-order chi connectivity index (χ1) is 15.4. The summed E-state index contributed by atoms with van der Waals surface area (Å²) in [6.45, 7) is 4.22. The highest BCUT2D eigenvalue weighted by Crippen LogP contribution is 2.42. The lowest BCUT2D eigenvalue weighted by atomic mass is 9.80. The lowest BCUT2D eigenvalue weighted by Gasteiger charge is -2.33. The van der Waals surface area contributed by atoms with Crippen molar-refractivity contribution in [1.82, 2.24) is 0 Å². The minimum Gasteiger partial charge on any atom is -1.00 e. The van der Waals surface area contributed by atoms with E-state index < -0.39 is 11.6 Å². The molecule has 2 fully saturated rings. The maximum absolute atomic E-state index is 13.3. The van der Waals surface area contributed by atoms with Gasteiger partial charge in [0.05, 0.1) is 20.2 Å². The van der Waals surface area contributed by atoms with Crippen molar-refractivity contribution < 1.29 is 45.6 Å². The molecule has 7 heteroatoms. The van der Waals surface area contributed by atoms with Gasteiger partial charge in [-0.3, -0.25) is 0 Å². The summed E-state index contributed by atoms with van der Waals surface area (Å²) in [5, 5.41) is 11.6. The van der Waals surface area contributed by atoms with Gasteiger partial charge in [-0.05, 0) is 24.8 Å². The molecule has 33 heavy (non-hydrogen) atoms. The lowest BCUT2D eigenvalue weighted by Crippen LogP contribution is -3.00. The molecule has 1 saturated heterocycles. The van der Waals surface area contributed by atoms with Crippen molar-refractivity contribution in [2.24, 2.45) is 5.92 Å². The number of unbranched alkanes of at least 4 members (excludes halogenated alkanes) is 3. The number of hydrogen-bond donors (Lipinski definition) is 1. The number of carbonyl (C=O) groups excluding carboxylic acids is 2. The van der Waals surface area contributed by atoms with E-state index >= 15 is 0 Å². The molecule has 0 unspecified atom stereocenters. The molecule has 0 aromatic heterocycles. The third-order valence-corrected chi connectivity index (χ3v) is 7.15. The van der Waals surface area contributed by atoms with Crippen molar-refractivity contribution in [3.63, 3.8) is 0 Å². The fraction of sp³-hybridized carbons (Fsp3) is 0.692. The molecule has 3 atom stereocenters. The first-order valence-corrected chi connectivity index (χ1v) is 12.4. The fourth-order valence-corrected chi connectivity index (χ4v) is 5.24. The maximum atomic E-state index is 13.3. The Labute approximate surface area is 209 Å². The van der Waals surface area contributed by atoms with E-state index in [9.17, 15) is 14.7 Å². The molecule has 1 saturated carbocycles. The quantitative estimate of drug-likeness (QED) is 0.264. The number of ether oxygens (including phenoxy) is 2. The Morgan fingerprint density at radius 3 is 2.45 bits per heavy atom. The van der Waals surface area contributed by atoms with Gasteiger partial charge in [-0.2, -0.15) is 0 Å². The minimum atomic E-state index is -1.61. The molecule has 0 spiro atoms. The number of benzene rings is 1. The molecule has 0 radical (unpaired) electrons. The number of quaternary nitrogens is 1. The molecular weight excluding hydrogens is 486 g/mol. The molecule has 2 aliphatic rings. The van der Waals surface area contributed by atoms with Crippen molar-refractivity contribution >= 4 is 11.9 Å². The van der Waals surface area contributed by atoms with Crippen LogP contribution in [0.15, 0.2) is 30.3 Å². The third-order valence-electron chi connectivity index (χ3n) is 7.15. The number of likely N-dealkylation sites (N-methyl/N-ethyl adjacent to an activating group) is 1. The van der Waals surface area contributed by atoms with Crippen LogP contribution in [0.5, 0.6) is 0 Å². The highest BCUT2D eigenvalue weighted by Gasteiger charge is 2.50. The molecule has 3 rings (SSSR count). The second-order valence-electron chi connectivity index (χ2n) is 9.89. The van der Waals surface area contributed by atoms with Crippen LogP contribution in [0.25, 0.3) is 0 Å². The average molecular weight is 527 g/mol. The molecule has 0 amide bonds. The molecule has 1 aliphatic carbocycles. The van der Waals surface area contributed by atoms with Crippen molar-refractivity contribution in [2.45, 2.75) is 76.4 Å². The zero-order valence-corrected chi connectivity index (χ0v) is 21.7. The second kappa shape index (κ2) is 12.9. The predicted octanol–water partition coefficient (Wildman–Crippen LogP) is 0.954. The molecule has 1 aromatic carbocycles. The standard InChI is InChI=1S/C26H40NO5.BrH/c1-3-4-5-11-18-31-24(28)20-27(2)17-16-23(19-27)32-25(29)26(30,22-14-9-10-15-22)21-12-7-6-8-13-21;/h6-8,12-13,22-23,30H,3-5,9-11,14-20H2,1-2H3;1H/q+1;/p-1/t23-,26-,27-;/m0./s1. The summed E-state index contributed by atoms with van der Waals surface area (Å²) in [4.78, 5) is 25.6. The summed E-state index contributed by atoms with van der Waals surface area (Å²) >= 11 is 0. The van der Waals surface area contributed by atoms with E-state index in [4.69, 9.17) is 9.47 Å². The summed E-state index contributed by atoms with van der Waals surface area (Å²) < 4.78 is 11.8. The Morgan fingerprint density at radius 2 is 1.79 bits per heavy atom. The van der Waals surface area contributed by atoms with Crippen LogP contribution in [0.1, 0.15) is 70.3 Å². The van der Waals surface area contributed by atoms with E-state index in [0.29, 0.717) is 29.6 Å². The zero-order chi connectivity index (χ0) is 23.0. The van der Waals surface area contributed by atoms with Crippen LogP contribution in [-0.2, 0) is 24.7 Å². The minimum absolute atomic E-state index is 0. The van der Waals surface area contributed by atoms with Gasteiger partial charge in [-0.15, -0.1) is 0 Å². The normalized spacial score (nSPS) is 24.6. The molecule has 186 valence electrons. The Hall–Kier alpha value is -1.44. The molecule has 1 aromatic rings. The number of nitrogens with zero attached hydrogens (tertiary/aromatic N) is 1. The van der Waals surface area contributed by atoms with E-state index in [0.717, 1.165) is 57.9 Å². The van der Waals surface area contributed by atoms with E-state index in [1.54, 1.807) is 0 Å². The second-order valence-corrected chi connectivity index (χ2v) is 9.89. The number of carbonyl (C=O) groups is 2. The van der Waals surface area contributed by atoms with Crippen LogP contribution in [0.4, 0.5) is 0 Å². The van der Waals surface area contributed by atoms with E-state index in [1.807, 2.05) is 37.4 Å². The van der Waals surface area contributed by atoms with Gasteiger partial charge in [0.2, 0.25) is 0 Å². The summed E-state index contributed by atoms with van der Waals surface area (Å²) in [6.07, 6.45) is 8.37. The number of halogens is 1. The smallest absolute Gasteiger partial charge is 0.361 e. The monoisotopic (exact) mass is 525 g/mol. The van der Waals surface area contributed by atoms with Crippen LogP contribution in [0, 0.1) is 5.92 Å². The van der Waals surface area contributed by atoms with Gasteiger partial charge in [-0.25, -0.2) is 9.59 Å². The molecule has 6 nitrogen and oxygen atoms in total. The van der Waals surface area contributed by atoms with Crippen molar-refractivity contribution in [3.8, 4) is 0 Å². The largest absolute Gasteiger partial charge is 1.00 e. The highest BCUT2D eigenvalue weighted by atomic mass is 79.9. The Kier molecular flexibility index (Phi) is 10.8. The Morgan fingerprint density at radius 1 is 1.09 bits per heavy atom. The van der Waals surface area contributed by atoms with Crippen LogP contribution >= 0.6 is 0 Å². The molecule has 1 heterocycles. The summed E-state index contributed by atoms with van der Waals surface area (Å²) in [6, 6.07) is 9.20. The topological polar surface area (TPSA) is 72.8 Å². The first-order valence-electron chi connectivity index (χ1n) is 12.4. The first kappa shape index (κ1) is 27.8. The van der Waals surface area contributed by atoms with E-state index in [1.165, 1.54) is 0 Å². The van der Waals surface area contributed by atoms with Crippen LogP contribution < -0.4 is 17.0 Å². The van der Waals surface area contributed by atoms with Crippen LogP contribution in [0.2, 0.25) is 0 Å². The average Bonchev–Trinajstić information content (AvgIpc) is 3.44. The number of hydrogen-bond acceptors (Lipinski definition) is 5. The van der Waals surface area contributed by atoms with E-state index in [2.05, 4.69) is 6.92 Å². The van der Waals surface area contributed by atoms with Gasteiger partial charge >= 0.3 is 11.9 Å². The Balaban J connectivity index is 0.00000385. The number of likely N-dealkylation sites (tertiary alicyclic amines) is 1. The van der Waals surface area contributed by atoms with Gasteiger partial charge in [0.15, 0.2) is 18.2 Å². The van der Waals surface area contributed by atoms with Crippen LogP contribution in [-0.4, -0.2) is 60.9 Å². The zero-order valence-electron chi connectivity index (χ0n) is 20.1. The summed E-state index contributed by atoms with van der Waals surface area (Å²) in [5.74, 6) is -0.863.